The Kier molecular flexibility index (Phi) is 3.37. The highest BCUT2D eigenvalue weighted by Crippen LogP contribution is 2.17. The first-order chi connectivity index (χ1) is 9.02. The number of carboxylic acids is 1. The van der Waals surface area contributed by atoms with Crippen molar-refractivity contribution in [2.24, 2.45) is 7.05 Å². The van der Waals surface area contributed by atoms with Crippen LogP contribution in [-0.2, 0) is 7.05 Å². The smallest absolute Gasteiger partial charge is 0.352 e. The molecule has 0 bridgehead atoms. The lowest BCUT2D eigenvalue weighted by molar-refractivity contribution is 0.0686. The van der Waals surface area contributed by atoms with E-state index in [9.17, 15) is 9.59 Å². The van der Waals surface area contributed by atoms with E-state index in [-0.39, 0.29) is 11.5 Å². The van der Waals surface area contributed by atoms with Crippen molar-refractivity contribution in [2.75, 3.05) is 7.11 Å². The van der Waals surface area contributed by atoms with Crippen molar-refractivity contribution in [3.8, 4) is 5.75 Å². The second kappa shape index (κ2) is 4.97. The van der Waals surface area contributed by atoms with Gasteiger partial charge in [-0.3, -0.25) is 4.79 Å². The number of aryl methyl sites for hydroxylation is 1. The van der Waals surface area contributed by atoms with Crippen LogP contribution in [0, 0.1) is 0 Å². The van der Waals surface area contributed by atoms with Gasteiger partial charge in [-0.15, -0.1) is 0 Å². The van der Waals surface area contributed by atoms with E-state index >= 15 is 0 Å². The second-order valence-corrected chi connectivity index (χ2v) is 4.09. The number of aromatic nitrogens is 1. The molecule has 0 aliphatic heterocycles. The van der Waals surface area contributed by atoms with Crippen LogP contribution >= 0.6 is 0 Å². The maximum absolute atomic E-state index is 12.2. The highest BCUT2D eigenvalue weighted by Gasteiger charge is 2.16. The Hall–Kier alpha value is -2.56. The number of rotatable bonds is 4. The zero-order valence-electron chi connectivity index (χ0n) is 10.6. The number of ketones is 1. The zero-order valence-corrected chi connectivity index (χ0v) is 10.6. The summed E-state index contributed by atoms with van der Waals surface area (Å²) in [4.78, 5) is 23.2. The number of nitrogens with zero attached hydrogens (tertiary/aromatic N) is 1. The summed E-state index contributed by atoms with van der Waals surface area (Å²) in [5.74, 6) is -0.713. The van der Waals surface area contributed by atoms with Gasteiger partial charge in [0.25, 0.3) is 0 Å². The normalized spacial score (nSPS) is 10.2. The maximum Gasteiger partial charge on any atom is 0.352 e. The van der Waals surface area contributed by atoms with Crippen molar-refractivity contribution >= 4 is 11.8 Å². The van der Waals surface area contributed by atoms with Crippen molar-refractivity contribution in [3.05, 3.63) is 53.3 Å². The van der Waals surface area contributed by atoms with Gasteiger partial charge in [0, 0.05) is 24.4 Å². The van der Waals surface area contributed by atoms with E-state index < -0.39 is 5.97 Å². The highest BCUT2D eigenvalue weighted by molar-refractivity contribution is 6.10. The van der Waals surface area contributed by atoms with Crippen LogP contribution in [0.4, 0.5) is 0 Å². The minimum atomic E-state index is -1.06. The number of hydrogen-bond acceptors (Lipinski definition) is 3. The molecule has 5 nitrogen and oxygen atoms in total. The first-order valence-corrected chi connectivity index (χ1v) is 5.61. The highest BCUT2D eigenvalue weighted by atomic mass is 16.5. The van der Waals surface area contributed by atoms with Gasteiger partial charge in [0.15, 0.2) is 5.78 Å². The summed E-state index contributed by atoms with van der Waals surface area (Å²) >= 11 is 0. The summed E-state index contributed by atoms with van der Waals surface area (Å²) in [6, 6.07) is 8.11. The molecule has 0 fully saturated rings. The lowest BCUT2D eigenvalue weighted by Gasteiger charge is -2.02. The molecule has 0 aliphatic carbocycles. The van der Waals surface area contributed by atoms with Crippen LogP contribution in [0.1, 0.15) is 26.4 Å². The summed E-state index contributed by atoms with van der Waals surface area (Å²) in [5.41, 5.74) is 0.876. The van der Waals surface area contributed by atoms with Crippen LogP contribution in [-0.4, -0.2) is 28.5 Å². The Bertz CT molecular complexity index is 643. The van der Waals surface area contributed by atoms with E-state index in [1.54, 1.807) is 31.3 Å². The topological polar surface area (TPSA) is 68.5 Å². The summed E-state index contributed by atoms with van der Waals surface area (Å²) in [7, 11) is 3.11. The van der Waals surface area contributed by atoms with Gasteiger partial charge < -0.3 is 14.4 Å². The Morgan fingerprint density at radius 3 is 2.53 bits per heavy atom. The van der Waals surface area contributed by atoms with Crippen molar-refractivity contribution < 1.29 is 19.4 Å². The molecule has 0 unspecified atom stereocenters. The first-order valence-electron chi connectivity index (χ1n) is 5.61. The molecule has 0 saturated carbocycles. The summed E-state index contributed by atoms with van der Waals surface area (Å²) in [5, 5.41) is 8.96. The average molecular weight is 259 g/mol. The first kappa shape index (κ1) is 12.9. The SMILES string of the molecule is COc1cccc(C(=O)c2cc(C(=O)O)n(C)c2)c1. The molecule has 1 aromatic carbocycles. The average Bonchev–Trinajstić information content (AvgIpc) is 2.80. The number of carbonyl (C=O) groups excluding carboxylic acids is 1. The van der Waals surface area contributed by atoms with Crippen LogP contribution in [0.15, 0.2) is 36.5 Å². The fourth-order valence-electron chi connectivity index (χ4n) is 1.83. The molecule has 0 spiro atoms. The molecule has 1 N–H and O–H groups in total. The summed E-state index contributed by atoms with van der Waals surface area (Å²) in [6.07, 6.45) is 1.51. The number of aromatic carboxylic acids is 1. The number of benzene rings is 1. The monoisotopic (exact) mass is 259 g/mol. The Balaban J connectivity index is 2.38. The molecule has 19 heavy (non-hydrogen) atoms. The van der Waals surface area contributed by atoms with Crippen molar-refractivity contribution in [2.45, 2.75) is 0 Å². The van der Waals surface area contributed by atoms with Gasteiger partial charge in [0.2, 0.25) is 0 Å². The third kappa shape index (κ3) is 2.49. The van der Waals surface area contributed by atoms with Crippen molar-refractivity contribution in [3.63, 3.8) is 0 Å². The van der Waals surface area contributed by atoms with Crippen LogP contribution in [0.25, 0.3) is 0 Å². The quantitative estimate of drug-likeness (QED) is 0.852. The Morgan fingerprint density at radius 2 is 1.95 bits per heavy atom. The number of hydrogen-bond donors (Lipinski definition) is 1. The number of ether oxygens (including phenoxy) is 1. The Labute approximate surface area is 110 Å². The van der Waals surface area contributed by atoms with Gasteiger partial charge >= 0.3 is 5.97 Å². The fraction of sp³-hybridized carbons (Fsp3) is 0.143. The van der Waals surface area contributed by atoms with Gasteiger partial charge in [0.1, 0.15) is 11.4 Å². The molecule has 2 aromatic rings. The largest absolute Gasteiger partial charge is 0.497 e. The minimum absolute atomic E-state index is 0.0752. The van der Waals surface area contributed by atoms with Crippen molar-refractivity contribution in [1.29, 1.82) is 0 Å². The minimum Gasteiger partial charge on any atom is -0.497 e. The van der Waals surface area contributed by atoms with E-state index in [1.807, 2.05) is 0 Å². The molecule has 1 heterocycles. The van der Waals surface area contributed by atoms with Crippen LogP contribution in [0.2, 0.25) is 0 Å². The molecule has 0 radical (unpaired) electrons. The van der Waals surface area contributed by atoms with Gasteiger partial charge in [-0.05, 0) is 18.2 Å². The zero-order chi connectivity index (χ0) is 14.0. The molecular weight excluding hydrogens is 246 g/mol. The second-order valence-electron chi connectivity index (χ2n) is 4.09. The predicted molar refractivity (Wildman–Crippen MR) is 68.8 cm³/mol. The predicted octanol–water partition coefficient (Wildman–Crippen LogP) is 1.96. The summed E-state index contributed by atoms with van der Waals surface area (Å²) < 4.78 is 6.47. The third-order valence-electron chi connectivity index (χ3n) is 2.82. The van der Waals surface area contributed by atoms with Crippen molar-refractivity contribution in [1.82, 2.24) is 4.57 Å². The van der Waals surface area contributed by atoms with Gasteiger partial charge in [-0.25, -0.2) is 4.79 Å². The lowest BCUT2D eigenvalue weighted by Crippen LogP contribution is -2.02. The van der Waals surface area contributed by atoms with Gasteiger partial charge in [-0.1, -0.05) is 12.1 Å². The van der Waals surface area contributed by atoms with Crippen LogP contribution in [0.3, 0.4) is 0 Å². The molecule has 0 atom stereocenters. The molecule has 0 aliphatic rings. The Morgan fingerprint density at radius 1 is 1.21 bits per heavy atom. The third-order valence-corrected chi connectivity index (χ3v) is 2.82. The van der Waals surface area contributed by atoms with E-state index in [0.29, 0.717) is 16.9 Å². The number of carboxylic acid groups (broad SMARTS) is 1. The fourth-order valence-corrected chi connectivity index (χ4v) is 1.83. The molecule has 1 aromatic heterocycles. The molecule has 0 amide bonds. The molecule has 98 valence electrons. The molecular formula is C14H13NO4. The van der Waals surface area contributed by atoms with Gasteiger partial charge in [0.05, 0.1) is 7.11 Å². The maximum atomic E-state index is 12.2. The molecule has 5 heteroatoms. The number of methoxy groups -OCH3 is 1. The van der Waals surface area contributed by atoms with E-state index in [2.05, 4.69) is 0 Å². The molecule has 0 saturated heterocycles. The molecule has 2 rings (SSSR count). The van der Waals surface area contributed by atoms with Gasteiger partial charge in [-0.2, -0.15) is 0 Å². The van der Waals surface area contributed by atoms with Crippen LogP contribution in [0.5, 0.6) is 5.75 Å². The lowest BCUT2D eigenvalue weighted by atomic mass is 10.1. The van der Waals surface area contributed by atoms with E-state index in [1.165, 1.54) is 23.9 Å². The van der Waals surface area contributed by atoms with E-state index in [4.69, 9.17) is 9.84 Å². The van der Waals surface area contributed by atoms with Crippen LogP contribution < -0.4 is 4.74 Å². The summed E-state index contributed by atoms with van der Waals surface area (Å²) in [6.45, 7) is 0. The van der Waals surface area contributed by atoms with E-state index in [0.717, 1.165) is 0 Å². The number of carbonyl (C=O) groups is 2. The standard InChI is InChI=1S/C14H13NO4/c1-15-8-10(7-12(15)14(17)18)13(16)9-4-3-5-11(6-9)19-2/h3-8H,1-2H3,(H,17,18).